The van der Waals surface area contributed by atoms with Crippen LogP contribution in [0.2, 0.25) is 5.02 Å². The number of hydrogen-bond donors (Lipinski definition) is 2. The molecule has 2 atom stereocenters. The zero-order chi connectivity index (χ0) is 20.0. The number of anilines is 2. The number of aromatic amines is 1. The summed E-state index contributed by atoms with van der Waals surface area (Å²) in [6, 6.07) is 5.83. The SMILES string of the molecule is CC(=O)N1[C@H](C)CN(c2nc(-c3c[nH]c4ncc(Cl)cc34)ccc2N)C[C@@H]1C.[HH].[HH]. The molecule has 1 aliphatic heterocycles. The summed E-state index contributed by atoms with van der Waals surface area (Å²) in [7, 11) is 0. The normalized spacial score (nSPS) is 20.0. The summed E-state index contributed by atoms with van der Waals surface area (Å²) in [6.45, 7) is 7.10. The van der Waals surface area contributed by atoms with Gasteiger partial charge >= 0.3 is 0 Å². The summed E-state index contributed by atoms with van der Waals surface area (Å²) in [5, 5.41) is 1.49. The lowest BCUT2D eigenvalue weighted by Gasteiger charge is -2.44. The van der Waals surface area contributed by atoms with Crippen LogP contribution in [0.5, 0.6) is 0 Å². The first-order valence-electron chi connectivity index (χ1n) is 9.28. The van der Waals surface area contributed by atoms with Crippen LogP contribution in [0.15, 0.2) is 30.6 Å². The Morgan fingerprint density at radius 3 is 2.71 bits per heavy atom. The van der Waals surface area contributed by atoms with Gasteiger partial charge < -0.3 is 20.5 Å². The second-order valence-corrected chi connectivity index (χ2v) is 7.83. The Morgan fingerprint density at radius 1 is 1.32 bits per heavy atom. The van der Waals surface area contributed by atoms with E-state index >= 15 is 0 Å². The van der Waals surface area contributed by atoms with E-state index in [2.05, 4.69) is 28.7 Å². The van der Waals surface area contributed by atoms with E-state index in [1.165, 1.54) is 0 Å². The van der Waals surface area contributed by atoms with Gasteiger partial charge in [-0.2, -0.15) is 0 Å². The van der Waals surface area contributed by atoms with Gasteiger partial charge in [0.1, 0.15) is 5.65 Å². The zero-order valence-electron chi connectivity index (χ0n) is 16.1. The Morgan fingerprint density at radius 2 is 2.04 bits per heavy atom. The molecule has 1 fully saturated rings. The predicted molar refractivity (Wildman–Crippen MR) is 117 cm³/mol. The minimum absolute atomic E-state index is 0. The Hall–Kier alpha value is -2.80. The van der Waals surface area contributed by atoms with Gasteiger partial charge in [-0.1, -0.05) is 11.6 Å². The van der Waals surface area contributed by atoms with Crippen LogP contribution in [0.4, 0.5) is 11.5 Å². The summed E-state index contributed by atoms with van der Waals surface area (Å²) in [5.41, 5.74) is 9.38. The van der Waals surface area contributed by atoms with E-state index in [1.54, 1.807) is 13.1 Å². The van der Waals surface area contributed by atoms with Crippen molar-refractivity contribution in [3.05, 3.63) is 35.6 Å². The number of carbonyl (C=O) groups excluding carboxylic acids is 1. The maximum Gasteiger partial charge on any atom is 0.220 e. The summed E-state index contributed by atoms with van der Waals surface area (Å²) in [5.74, 6) is 0.834. The van der Waals surface area contributed by atoms with Crippen LogP contribution < -0.4 is 10.6 Å². The number of aromatic nitrogens is 3. The largest absolute Gasteiger partial charge is 0.396 e. The lowest BCUT2D eigenvalue weighted by molar-refractivity contribution is -0.133. The number of H-pyrrole nitrogens is 1. The third-order valence-corrected chi connectivity index (χ3v) is 5.47. The van der Waals surface area contributed by atoms with Crippen molar-refractivity contribution >= 4 is 40.0 Å². The van der Waals surface area contributed by atoms with Gasteiger partial charge in [0.2, 0.25) is 5.91 Å². The van der Waals surface area contributed by atoms with Crippen molar-refractivity contribution in [2.24, 2.45) is 0 Å². The molecule has 0 bridgehead atoms. The predicted octanol–water partition coefficient (Wildman–Crippen LogP) is 3.80. The fraction of sp³-hybridized carbons (Fsp3) is 0.350. The van der Waals surface area contributed by atoms with Gasteiger partial charge in [0.05, 0.1) is 16.4 Å². The van der Waals surface area contributed by atoms with Gasteiger partial charge in [-0.3, -0.25) is 4.79 Å². The molecule has 150 valence electrons. The summed E-state index contributed by atoms with van der Waals surface area (Å²) < 4.78 is 0. The number of halogens is 1. The molecule has 1 amide bonds. The average molecular weight is 403 g/mol. The van der Waals surface area contributed by atoms with Crippen molar-refractivity contribution in [3.8, 4) is 11.3 Å². The molecular weight excluding hydrogens is 376 g/mol. The van der Waals surface area contributed by atoms with Crippen LogP contribution >= 0.6 is 11.6 Å². The van der Waals surface area contributed by atoms with Crippen molar-refractivity contribution < 1.29 is 7.65 Å². The molecule has 4 rings (SSSR count). The van der Waals surface area contributed by atoms with Gasteiger partial charge in [-0.25, -0.2) is 9.97 Å². The van der Waals surface area contributed by atoms with Gasteiger partial charge in [0, 0.05) is 58.3 Å². The van der Waals surface area contributed by atoms with E-state index in [0.29, 0.717) is 23.8 Å². The number of pyridine rings is 2. The molecule has 0 aliphatic carbocycles. The van der Waals surface area contributed by atoms with Gasteiger partial charge in [0.25, 0.3) is 0 Å². The molecule has 0 unspecified atom stereocenters. The fourth-order valence-electron chi connectivity index (χ4n) is 4.17. The maximum atomic E-state index is 11.9. The second kappa shape index (κ2) is 6.98. The third-order valence-electron chi connectivity index (χ3n) is 5.26. The Labute approximate surface area is 171 Å². The molecule has 0 spiro atoms. The number of amides is 1. The molecule has 3 N–H and O–H groups in total. The van der Waals surface area contributed by atoms with Crippen LogP contribution in [0.1, 0.15) is 23.6 Å². The number of rotatable bonds is 2. The molecule has 0 saturated carbocycles. The molecule has 0 radical (unpaired) electrons. The quantitative estimate of drug-likeness (QED) is 0.680. The number of nitrogens with two attached hydrogens (primary N) is 1. The van der Waals surface area contributed by atoms with Gasteiger partial charge in [-0.05, 0) is 32.0 Å². The minimum atomic E-state index is 0. The number of nitrogens with zero attached hydrogens (tertiary/aromatic N) is 4. The van der Waals surface area contributed by atoms with Crippen LogP contribution in [0.3, 0.4) is 0 Å². The number of nitrogen functional groups attached to an aromatic ring is 1. The van der Waals surface area contributed by atoms with E-state index in [4.69, 9.17) is 22.3 Å². The van der Waals surface area contributed by atoms with E-state index < -0.39 is 0 Å². The number of carbonyl (C=O) groups is 1. The number of fused-ring (bicyclic) bond motifs is 1. The number of hydrogen-bond acceptors (Lipinski definition) is 5. The standard InChI is InChI=1S/C20H23ClN6O.2H2/c1-11-9-26(10-12(2)27(11)13(3)28)20-17(22)4-5-18(25-20)16-8-24-19-15(16)6-14(21)7-23-19;;/h4-8,11-12H,9-10,22H2,1-3H3,(H,23,24);2*1H/t11-,12+;;. The summed E-state index contributed by atoms with van der Waals surface area (Å²) >= 11 is 6.13. The molecular formula is C20H27ClN6O. The van der Waals surface area contributed by atoms with E-state index in [0.717, 1.165) is 28.1 Å². The smallest absolute Gasteiger partial charge is 0.220 e. The second-order valence-electron chi connectivity index (χ2n) is 7.39. The van der Waals surface area contributed by atoms with Gasteiger partial charge in [-0.15, -0.1) is 0 Å². The molecule has 8 heteroatoms. The molecule has 4 heterocycles. The Bertz CT molecular complexity index is 1050. The first kappa shape index (κ1) is 18.6. The lowest BCUT2D eigenvalue weighted by Crippen LogP contribution is -2.58. The van der Waals surface area contributed by atoms with Crippen molar-refractivity contribution in [2.75, 3.05) is 23.7 Å². The molecule has 3 aromatic heterocycles. The third kappa shape index (κ3) is 3.16. The van der Waals surface area contributed by atoms with E-state index in [-0.39, 0.29) is 20.8 Å². The van der Waals surface area contributed by atoms with Gasteiger partial charge in [0.15, 0.2) is 5.82 Å². The Kier molecular flexibility index (Phi) is 4.63. The molecule has 1 aliphatic rings. The van der Waals surface area contributed by atoms with Crippen molar-refractivity contribution in [1.29, 1.82) is 0 Å². The van der Waals surface area contributed by atoms with Crippen LogP contribution in [0, 0.1) is 0 Å². The summed E-state index contributed by atoms with van der Waals surface area (Å²) in [4.78, 5) is 28.4. The highest BCUT2D eigenvalue weighted by Gasteiger charge is 2.32. The molecule has 7 nitrogen and oxygen atoms in total. The monoisotopic (exact) mass is 402 g/mol. The molecule has 1 saturated heterocycles. The zero-order valence-corrected chi connectivity index (χ0v) is 16.9. The average Bonchev–Trinajstić information content (AvgIpc) is 3.04. The molecule has 28 heavy (non-hydrogen) atoms. The van der Waals surface area contributed by atoms with Crippen molar-refractivity contribution in [1.82, 2.24) is 19.9 Å². The highest BCUT2D eigenvalue weighted by atomic mass is 35.5. The molecule has 0 aromatic carbocycles. The van der Waals surface area contributed by atoms with Crippen LogP contribution in [-0.4, -0.2) is 50.9 Å². The van der Waals surface area contributed by atoms with Crippen molar-refractivity contribution in [2.45, 2.75) is 32.9 Å². The fourth-order valence-corrected chi connectivity index (χ4v) is 4.33. The first-order chi connectivity index (χ1) is 13.3. The minimum Gasteiger partial charge on any atom is -0.396 e. The van der Waals surface area contributed by atoms with Crippen molar-refractivity contribution in [3.63, 3.8) is 0 Å². The lowest BCUT2D eigenvalue weighted by atomic mass is 10.1. The first-order valence-corrected chi connectivity index (χ1v) is 9.66. The molecule has 3 aromatic rings. The topological polar surface area (TPSA) is 91.1 Å². The van der Waals surface area contributed by atoms with Crippen LogP contribution in [0.25, 0.3) is 22.3 Å². The maximum absolute atomic E-state index is 11.9. The highest BCUT2D eigenvalue weighted by molar-refractivity contribution is 6.31. The van der Waals surface area contributed by atoms with Crippen LogP contribution in [-0.2, 0) is 4.79 Å². The number of piperazine rings is 1. The Balaban J connectivity index is 0.00000160. The highest BCUT2D eigenvalue weighted by Crippen LogP contribution is 2.32. The van der Waals surface area contributed by atoms with E-state index in [1.807, 2.05) is 29.3 Å². The number of nitrogens with one attached hydrogen (secondary N) is 1. The summed E-state index contributed by atoms with van der Waals surface area (Å²) in [6.07, 6.45) is 3.50. The van der Waals surface area contributed by atoms with E-state index in [9.17, 15) is 4.79 Å².